The van der Waals surface area contributed by atoms with E-state index in [2.05, 4.69) is 291 Å². The molecule has 1 aromatic heterocycles. The lowest BCUT2D eigenvalue weighted by Gasteiger charge is -2.37. The maximum atomic E-state index is 10.2. The van der Waals surface area contributed by atoms with E-state index in [0.717, 1.165) is 60.9 Å². The zero-order valence-corrected chi connectivity index (χ0v) is 44.1. The lowest BCUT2D eigenvalue weighted by Crippen LogP contribution is -2.76. The molecule has 0 saturated heterocycles. The van der Waals surface area contributed by atoms with Crippen LogP contribution in [-0.4, -0.2) is 16.1 Å². The molecule has 2 nitrogen and oxygen atoms in total. The van der Waals surface area contributed by atoms with Crippen molar-refractivity contribution in [2.24, 2.45) is 0 Å². The molecule has 1 heterocycles. The van der Waals surface area contributed by atoms with Crippen LogP contribution >= 0.6 is 0 Å². The summed E-state index contributed by atoms with van der Waals surface area (Å²) in [5.74, 6) is 0. The van der Waals surface area contributed by atoms with E-state index in [0.29, 0.717) is 5.56 Å². The highest BCUT2D eigenvalue weighted by Gasteiger charge is 2.45. The predicted octanol–water partition coefficient (Wildman–Crippen LogP) is 12.9. The molecular weight excluding hydrogens is 963 g/mol. The molecule has 0 unspecified atom stereocenters. The maximum Gasteiger partial charge on any atom is 0.179 e. The Labute approximate surface area is 451 Å². The molecule has 0 spiro atoms. The van der Waals surface area contributed by atoms with Crippen molar-refractivity contribution in [1.82, 2.24) is 0 Å². The van der Waals surface area contributed by atoms with Gasteiger partial charge in [0, 0.05) is 16.3 Å². The molecular formula is C73H49NOSi2. The number of nitrogens with zero attached hydrogens (tertiary/aromatic N) is 1. The fraction of sp³-hybridized carbons (Fsp3) is 0. The highest BCUT2D eigenvalue weighted by atomic mass is 28.3. The zero-order valence-electron chi connectivity index (χ0n) is 42.1. The van der Waals surface area contributed by atoms with Gasteiger partial charge in [0.2, 0.25) is 0 Å². The fourth-order valence-corrected chi connectivity index (χ4v) is 22.3. The monoisotopic (exact) mass is 1010 g/mol. The Bertz CT molecular complexity index is 4310. The summed E-state index contributed by atoms with van der Waals surface area (Å²) in [6, 6.07) is 113. The highest BCUT2D eigenvalue weighted by Crippen LogP contribution is 2.47. The van der Waals surface area contributed by atoms with Gasteiger partial charge < -0.3 is 4.42 Å². The van der Waals surface area contributed by atoms with E-state index in [1.807, 2.05) is 12.1 Å². The summed E-state index contributed by atoms with van der Waals surface area (Å²) in [6.45, 7) is 0. The number of fused-ring (bicyclic) bond motifs is 11. The average Bonchev–Trinajstić information content (AvgIpc) is 4.00. The van der Waals surface area contributed by atoms with Crippen molar-refractivity contribution in [3.63, 3.8) is 0 Å². The quantitative estimate of drug-likeness (QED) is 0.107. The zero-order chi connectivity index (χ0) is 51.3. The molecule has 77 heavy (non-hydrogen) atoms. The first-order chi connectivity index (χ1) is 38.1. The molecule has 0 saturated carbocycles. The van der Waals surface area contributed by atoms with Crippen LogP contribution < -0.4 is 41.5 Å². The molecule has 0 atom stereocenters. The lowest BCUT2D eigenvalue weighted by atomic mass is 9.80. The van der Waals surface area contributed by atoms with Gasteiger partial charge >= 0.3 is 0 Å². The second-order valence-electron chi connectivity index (χ2n) is 20.1. The molecule has 0 aliphatic heterocycles. The summed E-state index contributed by atoms with van der Waals surface area (Å²) in [4.78, 5) is 0. The van der Waals surface area contributed by atoms with E-state index < -0.39 is 16.1 Å². The first-order valence-electron chi connectivity index (χ1n) is 26.4. The third-order valence-corrected chi connectivity index (χ3v) is 25.8. The van der Waals surface area contributed by atoms with Crippen molar-refractivity contribution in [1.29, 1.82) is 5.26 Å². The first-order valence-corrected chi connectivity index (χ1v) is 30.4. The van der Waals surface area contributed by atoms with E-state index in [9.17, 15) is 5.26 Å². The molecule has 0 bridgehead atoms. The van der Waals surface area contributed by atoms with Crippen LogP contribution in [0.25, 0.3) is 77.6 Å². The average molecular weight is 1010 g/mol. The first kappa shape index (κ1) is 45.9. The van der Waals surface area contributed by atoms with Gasteiger partial charge in [0.15, 0.2) is 16.1 Å². The molecule has 4 heteroatoms. The van der Waals surface area contributed by atoms with Crippen LogP contribution in [0, 0.1) is 11.3 Å². The Balaban J connectivity index is 1.02. The number of benzene rings is 12. The van der Waals surface area contributed by atoms with Crippen LogP contribution in [0.1, 0.15) is 5.56 Å². The van der Waals surface area contributed by atoms with Gasteiger partial charge in [-0.2, -0.15) is 5.26 Å². The van der Waals surface area contributed by atoms with E-state index in [1.165, 1.54) is 58.2 Å². The summed E-state index contributed by atoms with van der Waals surface area (Å²) >= 11 is 0. The fourth-order valence-electron chi connectivity index (χ4n) is 12.8. The summed E-state index contributed by atoms with van der Waals surface area (Å²) in [5, 5.41) is 22.9. The minimum absolute atomic E-state index is 0.646. The molecule has 0 radical (unpaired) electrons. The minimum atomic E-state index is -3.14. The second-order valence-corrected chi connectivity index (χ2v) is 27.7. The number of furan rings is 1. The smallest absolute Gasteiger partial charge is 0.179 e. The largest absolute Gasteiger partial charge is 0.455 e. The Morgan fingerprint density at radius 2 is 0.623 bits per heavy atom. The van der Waals surface area contributed by atoms with Crippen LogP contribution in [0.5, 0.6) is 0 Å². The molecule has 12 aromatic carbocycles. The predicted molar refractivity (Wildman–Crippen MR) is 326 cm³/mol. The van der Waals surface area contributed by atoms with Crippen molar-refractivity contribution in [2.75, 3.05) is 0 Å². The van der Waals surface area contributed by atoms with Crippen molar-refractivity contribution >= 4 is 79.6 Å². The summed E-state index contributed by atoms with van der Waals surface area (Å²) in [6.07, 6.45) is 0. The van der Waals surface area contributed by atoms with Gasteiger partial charge in [-0.3, -0.25) is 0 Å². The van der Waals surface area contributed by atoms with Crippen molar-refractivity contribution in [2.45, 2.75) is 0 Å². The van der Waals surface area contributed by atoms with Crippen LogP contribution in [0.2, 0.25) is 0 Å². The van der Waals surface area contributed by atoms with Gasteiger partial charge in [0.1, 0.15) is 11.2 Å². The van der Waals surface area contributed by atoms with E-state index in [4.69, 9.17) is 4.42 Å². The van der Waals surface area contributed by atoms with E-state index in [1.54, 1.807) is 0 Å². The van der Waals surface area contributed by atoms with Gasteiger partial charge in [0.25, 0.3) is 0 Å². The highest BCUT2D eigenvalue weighted by molar-refractivity contribution is 7.21. The van der Waals surface area contributed by atoms with Crippen molar-refractivity contribution in [3.05, 3.63) is 303 Å². The molecule has 360 valence electrons. The summed E-state index contributed by atoms with van der Waals surface area (Å²) < 4.78 is 6.67. The van der Waals surface area contributed by atoms with E-state index in [-0.39, 0.29) is 0 Å². The third kappa shape index (κ3) is 7.35. The second kappa shape index (κ2) is 18.9. The van der Waals surface area contributed by atoms with Gasteiger partial charge in [-0.25, -0.2) is 0 Å². The summed E-state index contributed by atoms with van der Waals surface area (Å²) in [7, 11) is -6.20. The molecule has 1 aliphatic rings. The van der Waals surface area contributed by atoms with Crippen LogP contribution in [0.4, 0.5) is 0 Å². The molecule has 0 fully saturated rings. The number of para-hydroxylation sites is 2. The molecule has 0 amide bonds. The SMILES string of the molecule is N#Cc1ccc2c(c1)-c1ccccc1-c1ccccc1-c1cc([Si](c3ccccc3)(c3ccccc3)c3ccc([Si](c4ccccc4)(c4ccccc4)c4cccc(-c5cccc6c5oc5ccccc56)c4)cc3)ccc1-2. The van der Waals surface area contributed by atoms with Gasteiger partial charge in [-0.05, 0) is 110 Å². The number of rotatable bonds is 9. The Morgan fingerprint density at radius 3 is 1.16 bits per heavy atom. The van der Waals surface area contributed by atoms with Gasteiger partial charge in [-0.15, -0.1) is 0 Å². The Hall–Kier alpha value is -9.64. The summed E-state index contributed by atoms with van der Waals surface area (Å²) in [5.41, 5.74) is 13.8. The lowest BCUT2D eigenvalue weighted by molar-refractivity contribution is 0.670. The topological polar surface area (TPSA) is 36.9 Å². The number of nitriles is 1. The number of hydrogen-bond donors (Lipinski definition) is 0. The Morgan fingerprint density at radius 1 is 0.260 bits per heavy atom. The maximum absolute atomic E-state index is 10.2. The van der Waals surface area contributed by atoms with Crippen molar-refractivity contribution in [3.8, 4) is 61.7 Å². The Kier molecular flexibility index (Phi) is 11.3. The van der Waals surface area contributed by atoms with Crippen molar-refractivity contribution < 1.29 is 4.42 Å². The minimum Gasteiger partial charge on any atom is -0.455 e. The van der Waals surface area contributed by atoms with E-state index >= 15 is 0 Å². The standard InChI is InChI=1S/C73H49NOSi2/c74-50-51-39-45-66-67-46-44-60(49-71(67)65-34-16-14-32-63(65)62-31-13-15-33-64(62)70(66)47-51)77(55-26-9-3-10-27-55,56-28-11-4-12-29-56)58-42-40-57(41-43-58)76(53-22-5-1-6-23-53,54-24-7-2-8-25-54)59-30-19-21-52(48-59)61-36-20-37-69-68-35-17-18-38-72(68)75-73(61)69/h1-49H. The third-order valence-electron chi connectivity index (χ3n) is 16.2. The van der Waals surface area contributed by atoms with Crippen LogP contribution in [0.3, 0.4) is 0 Å². The molecule has 0 N–H and O–H groups in total. The normalized spacial score (nSPS) is 11.9. The molecule has 13 aromatic rings. The molecule has 14 rings (SSSR count). The molecule has 1 aliphatic carbocycles. The van der Waals surface area contributed by atoms with Crippen LogP contribution in [0.15, 0.2) is 302 Å². The van der Waals surface area contributed by atoms with Gasteiger partial charge in [0.05, 0.1) is 11.6 Å². The number of hydrogen-bond acceptors (Lipinski definition) is 2. The van der Waals surface area contributed by atoms with Gasteiger partial charge in [-0.1, -0.05) is 279 Å². The van der Waals surface area contributed by atoms with Crippen LogP contribution in [-0.2, 0) is 0 Å².